The standard InChI is InChI=1S/C14H23NOS2/c1-10(2)9-18(16)13-7-11(15)6-12(8-13)17-14(3,4)5/h6-8,10H,9,15H2,1-5H3. The molecule has 1 aromatic rings. The summed E-state index contributed by atoms with van der Waals surface area (Å²) in [5, 5.41) is 0. The van der Waals surface area contributed by atoms with Crippen LogP contribution in [-0.4, -0.2) is 14.7 Å². The molecule has 0 saturated carbocycles. The first-order valence-corrected chi connectivity index (χ1v) is 8.29. The van der Waals surface area contributed by atoms with Crippen LogP contribution >= 0.6 is 11.8 Å². The molecular formula is C14H23NOS2. The number of anilines is 1. The third-order valence-electron chi connectivity index (χ3n) is 2.07. The summed E-state index contributed by atoms with van der Waals surface area (Å²) < 4.78 is 12.3. The average molecular weight is 285 g/mol. The molecule has 0 heterocycles. The van der Waals surface area contributed by atoms with Gasteiger partial charge in [0.25, 0.3) is 0 Å². The first-order valence-electron chi connectivity index (χ1n) is 6.15. The molecule has 0 spiro atoms. The van der Waals surface area contributed by atoms with Crippen LogP contribution in [0.1, 0.15) is 34.6 Å². The van der Waals surface area contributed by atoms with Crippen LogP contribution in [0, 0.1) is 5.92 Å². The maximum Gasteiger partial charge on any atom is 0.0533 e. The summed E-state index contributed by atoms with van der Waals surface area (Å²) in [5.74, 6) is 1.11. The van der Waals surface area contributed by atoms with E-state index in [4.69, 9.17) is 5.73 Å². The van der Waals surface area contributed by atoms with Crippen LogP contribution < -0.4 is 5.73 Å². The minimum Gasteiger partial charge on any atom is -0.399 e. The Morgan fingerprint density at radius 3 is 2.39 bits per heavy atom. The van der Waals surface area contributed by atoms with Crippen LogP contribution in [-0.2, 0) is 10.8 Å². The van der Waals surface area contributed by atoms with Gasteiger partial charge in [-0.05, 0) is 24.1 Å². The Morgan fingerprint density at radius 1 is 1.28 bits per heavy atom. The van der Waals surface area contributed by atoms with E-state index >= 15 is 0 Å². The summed E-state index contributed by atoms with van der Waals surface area (Å²) >= 11 is 1.75. The van der Waals surface area contributed by atoms with E-state index in [1.807, 2.05) is 18.2 Å². The molecule has 0 radical (unpaired) electrons. The van der Waals surface area contributed by atoms with Crippen LogP contribution in [0.4, 0.5) is 5.69 Å². The van der Waals surface area contributed by atoms with Gasteiger partial charge in [0.2, 0.25) is 0 Å². The first-order chi connectivity index (χ1) is 8.17. The third-order valence-corrected chi connectivity index (χ3v) is 4.89. The van der Waals surface area contributed by atoms with Gasteiger partial charge in [-0.3, -0.25) is 4.21 Å². The van der Waals surface area contributed by atoms with Gasteiger partial charge in [-0.2, -0.15) is 0 Å². The zero-order valence-corrected chi connectivity index (χ0v) is 13.5. The molecule has 18 heavy (non-hydrogen) atoms. The molecule has 102 valence electrons. The van der Waals surface area contributed by atoms with E-state index in [-0.39, 0.29) is 4.75 Å². The van der Waals surface area contributed by atoms with Crippen molar-refractivity contribution in [3.63, 3.8) is 0 Å². The maximum absolute atomic E-state index is 12.2. The van der Waals surface area contributed by atoms with Crippen LogP contribution in [0.5, 0.6) is 0 Å². The predicted octanol–water partition coefficient (Wildman–Crippen LogP) is 3.92. The summed E-state index contributed by atoms with van der Waals surface area (Å²) in [6, 6.07) is 5.78. The quantitative estimate of drug-likeness (QED) is 0.673. The minimum atomic E-state index is -0.956. The number of nitrogen functional groups attached to an aromatic ring is 1. The molecule has 4 heteroatoms. The fourth-order valence-corrected chi connectivity index (χ4v) is 4.02. The molecule has 0 aliphatic rings. The van der Waals surface area contributed by atoms with E-state index in [1.54, 1.807) is 11.8 Å². The van der Waals surface area contributed by atoms with Crippen molar-refractivity contribution < 1.29 is 4.21 Å². The number of rotatable bonds is 4. The van der Waals surface area contributed by atoms with Crippen molar-refractivity contribution in [1.29, 1.82) is 0 Å². The molecule has 0 saturated heterocycles. The second-order valence-electron chi connectivity index (χ2n) is 5.86. The Labute approximate surface area is 117 Å². The lowest BCUT2D eigenvalue weighted by Gasteiger charge is -2.18. The molecule has 2 nitrogen and oxygen atoms in total. The van der Waals surface area contributed by atoms with Crippen LogP contribution in [0.2, 0.25) is 0 Å². The SMILES string of the molecule is CC(C)CS(=O)c1cc(N)cc(SC(C)(C)C)c1. The summed E-state index contributed by atoms with van der Waals surface area (Å²) in [4.78, 5) is 1.94. The highest BCUT2D eigenvalue weighted by molar-refractivity contribution is 8.00. The average Bonchev–Trinajstić information content (AvgIpc) is 2.12. The van der Waals surface area contributed by atoms with Gasteiger partial charge in [0.15, 0.2) is 0 Å². The second kappa shape index (κ2) is 6.11. The van der Waals surface area contributed by atoms with Gasteiger partial charge in [-0.1, -0.05) is 34.6 Å². The molecule has 0 amide bonds. The predicted molar refractivity (Wildman–Crippen MR) is 82.6 cm³/mol. The fraction of sp³-hybridized carbons (Fsp3) is 0.571. The number of nitrogens with two attached hydrogens (primary N) is 1. The van der Waals surface area contributed by atoms with E-state index in [0.29, 0.717) is 17.4 Å². The Bertz CT molecular complexity index is 436. The van der Waals surface area contributed by atoms with E-state index < -0.39 is 10.8 Å². The number of hydrogen-bond donors (Lipinski definition) is 1. The number of thioether (sulfide) groups is 1. The summed E-state index contributed by atoms with van der Waals surface area (Å²) in [6.45, 7) is 10.6. The topological polar surface area (TPSA) is 43.1 Å². The molecule has 1 rings (SSSR count). The van der Waals surface area contributed by atoms with Gasteiger partial charge in [-0.25, -0.2) is 0 Å². The lowest BCUT2D eigenvalue weighted by molar-refractivity contribution is 0.664. The van der Waals surface area contributed by atoms with Gasteiger partial charge >= 0.3 is 0 Å². The van der Waals surface area contributed by atoms with Crippen LogP contribution in [0.3, 0.4) is 0 Å². The van der Waals surface area contributed by atoms with Crippen molar-refractivity contribution in [1.82, 2.24) is 0 Å². The van der Waals surface area contributed by atoms with Crippen molar-refractivity contribution in [2.24, 2.45) is 5.92 Å². The smallest absolute Gasteiger partial charge is 0.0533 e. The zero-order chi connectivity index (χ0) is 13.9. The van der Waals surface area contributed by atoms with E-state index in [9.17, 15) is 4.21 Å². The summed E-state index contributed by atoms with van der Waals surface area (Å²) in [5.41, 5.74) is 6.59. The largest absolute Gasteiger partial charge is 0.399 e. The summed E-state index contributed by atoms with van der Waals surface area (Å²) in [6.07, 6.45) is 0. The van der Waals surface area contributed by atoms with Gasteiger partial charge in [0, 0.05) is 26.0 Å². The second-order valence-corrected chi connectivity index (χ2v) is 9.25. The Hall–Kier alpha value is -0.480. The van der Waals surface area contributed by atoms with Crippen molar-refractivity contribution >= 4 is 28.2 Å². The molecule has 2 N–H and O–H groups in total. The normalized spacial score (nSPS) is 13.9. The highest BCUT2D eigenvalue weighted by atomic mass is 32.2. The fourth-order valence-electron chi connectivity index (χ4n) is 1.54. The van der Waals surface area contributed by atoms with Crippen molar-refractivity contribution in [2.45, 2.75) is 49.2 Å². The molecule has 0 aliphatic carbocycles. The minimum absolute atomic E-state index is 0.130. The molecular weight excluding hydrogens is 262 g/mol. The first kappa shape index (κ1) is 15.6. The Kier molecular flexibility index (Phi) is 5.29. The third kappa shape index (κ3) is 5.44. The highest BCUT2D eigenvalue weighted by Crippen LogP contribution is 2.34. The lowest BCUT2D eigenvalue weighted by Crippen LogP contribution is -2.08. The zero-order valence-electron chi connectivity index (χ0n) is 11.8. The molecule has 1 aromatic carbocycles. The molecule has 1 unspecified atom stereocenters. The van der Waals surface area contributed by atoms with E-state index in [1.165, 1.54) is 0 Å². The van der Waals surface area contributed by atoms with Gasteiger partial charge < -0.3 is 5.73 Å². The van der Waals surface area contributed by atoms with Crippen molar-refractivity contribution in [2.75, 3.05) is 11.5 Å². The number of hydrogen-bond acceptors (Lipinski definition) is 3. The van der Waals surface area contributed by atoms with Crippen LogP contribution in [0.15, 0.2) is 28.0 Å². The Balaban J connectivity index is 2.97. The monoisotopic (exact) mass is 285 g/mol. The molecule has 0 fully saturated rings. The van der Waals surface area contributed by atoms with Crippen molar-refractivity contribution in [3.05, 3.63) is 18.2 Å². The van der Waals surface area contributed by atoms with Gasteiger partial charge in [-0.15, -0.1) is 11.8 Å². The van der Waals surface area contributed by atoms with Gasteiger partial charge in [0.05, 0.1) is 10.8 Å². The van der Waals surface area contributed by atoms with Crippen molar-refractivity contribution in [3.8, 4) is 0 Å². The lowest BCUT2D eigenvalue weighted by atomic mass is 10.3. The molecule has 0 aliphatic heterocycles. The van der Waals surface area contributed by atoms with E-state index in [0.717, 1.165) is 9.79 Å². The van der Waals surface area contributed by atoms with Gasteiger partial charge in [0.1, 0.15) is 0 Å². The summed E-state index contributed by atoms with van der Waals surface area (Å²) in [7, 11) is -0.956. The number of benzene rings is 1. The Morgan fingerprint density at radius 2 is 1.89 bits per heavy atom. The molecule has 0 bridgehead atoms. The maximum atomic E-state index is 12.2. The molecule has 0 aromatic heterocycles. The van der Waals surface area contributed by atoms with Crippen LogP contribution in [0.25, 0.3) is 0 Å². The highest BCUT2D eigenvalue weighted by Gasteiger charge is 2.14. The van der Waals surface area contributed by atoms with E-state index in [2.05, 4.69) is 34.6 Å². The molecule has 1 atom stereocenters.